The van der Waals surface area contributed by atoms with E-state index in [9.17, 15) is 4.79 Å². The number of rotatable bonds is 3. The monoisotopic (exact) mass is 463 g/mol. The number of benzene rings is 2. The predicted molar refractivity (Wildman–Crippen MR) is 111 cm³/mol. The largest absolute Gasteiger partial charge is 0.296 e. The van der Waals surface area contributed by atoms with Gasteiger partial charge in [-0.05, 0) is 30.3 Å². The van der Waals surface area contributed by atoms with Gasteiger partial charge in [-0.15, -0.1) is 0 Å². The molecule has 0 aliphatic rings. The Hall–Kier alpha value is -1.000. The van der Waals surface area contributed by atoms with Crippen molar-refractivity contribution in [2.45, 2.75) is 0 Å². The second-order valence-electron chi connectivity index (χ2n) is 5.27. The fourth-order valence-corrected chi connectivity index (χ4v) is 3.71. The van der Waals surface area contributed by atoms with Crippen LogP contribution in [0.5, 0.6) is 0 Å². The third kappa shape index (κ3) is 3.82. The molecule has 0 spiro atoms. The highest BCUT2D eigenvalue weighted by Gasteiger charge is 2.16. The van der Waals surface area contributed by atoms with E-state index in [2.05, 4.69) is 4.98 Å². The Morgan fingerprint density at radius 3 is 1.69 bits per heavy atom. The SMILES string of the molecule is O=Cc1ncc(-c2cc(Cl)c(Cl)cc2Cl)cc1-c1cc(Cl)c(Cl)cc1Cl. The summed E-state index contributed by atoms with van der Waals surface area (Å²) in [6, 6.07) is 7.99. The molecule has 0 aliphatic carbocycles. The zero-order valence-electron chi connectivity index (χ0n) is 12.7. The van der Waals surface area contributed by atoms with Crippen molar-refractivity contribution in [3.8, 4) is 22.3 Å². The van der Waals surface area contributed by atoms with E-state index in [1.54, 1.807) is 24.3 Å². The first-order chi connectivity index (χ1) is 12.3. The van der Waals surface area contributed by atoms with Crippen molar-refractivity contribution >= 4 is 75.9 Å². The second-order valence-corrected chi connectivity index (χ2v) is 7.71. The minimum atomic E-state index is 0.199. The summed E-state index contributed by atoms with van der Waals surface area (Å²) in [5, 5.41) is 2.03. The topological polar surface area (TPSA) is 30.0 Å². The Kier molecular flexibility index (Phi) is 6.03. The number of hydrogen-bond acceptors (Lipinski definition) is 2. The molecule has 0 bridgehead atoms. The first-order valence-corrected chi connectivity index (χ1v) is 9.33. The normalized spacial score (nSPS) is 10.8. The van der Waals surface area contributed by atoms with Gasteiger partial charge in [0.25, 0.3) is 0 Å². The van der Waals surface area contributed by atoms with Gasteiger partial charge in [0.05, 0.1) is 30.1 Å². The molecule has 0 N–H and O–H groups in total. The number of aldehydes is 1. The van der Waals surface area contributed by atoms with Crippen LogP contribution in [-0.4, -0.2) is 11.3 Å². The van der Waals surface area contributed by atoms with E-state index in [0.29, 0.717) is 58.7 Å². The molecule has 132 valence electrons. The van der Waals surface area contributed by atoms with Crippen LogP contribution >= 0.6 is 69.6 Å². The number of hydrogen-bond donors (Lipinski definition) is 0. The molecule has 0 saturated carbocycles. The minimum absolute atomic E-state index is 0.199. The maximum atomic E-state index is 11.4. The van der Waals surface area contributed by atoms with Crippen LogP contribution in [0.2, 0.25) is 30.1 Å². The van der Waals surface area contributed by atoms with Crippen LogP contribution in [0.25, 0.3) is 22.3 Å². The van der Waals surface area contributed by atoms with Gasteiger partial charge >= 0.3 is 0 Å². The van der Waals surface area contributed by atoms with Gasteiger partial charge in [-0.25, -0.2) is 0 Å². The van der Waals surface area contributed by atoms with Gasteiger partial charge < -0.3 is 0 Å². The molecule has 26 heavy (non-hydrogen) atoms. The summed E-state index contributed by atoms with van der Waals surface area (Å²) < 4.78 is 0. The van der Waals surface area contributed by atoms with Crippen LogP contribution in [0, 0.1) is 0 Å². The Morgan fingerprint density at radius 1 is 0.615 bits per heavy atom. The number of nitrogens with zero attached hydrogens (tertiary/aromatic N) is 1. The van der Waals surface area contributed by atoms with E-state index in [4.69, 9.17) is 69.6 Å². The summed E-state index contributed by atoms with van der Waals surface area (Å²) >= 11 is 36.7. The van der Waals surface area contributed by atoms with E-state index >= 15 is 0 Å². The van der Waals surface area contributed by atoms with Crippen LogP contribution in [0.15, 0.2) is 36.5 Å². The predicted octanol–water partition coefficient (Wildman–Crippen LogP) is 8.15. The number of aromatic nitrogens is 1. The van der Waals surface area contributed by atoms with Crippen molar-refractivity contribution < 1.29 is 4.79 Å². The molecule has 0 atom stereocenters. The Bertz CT molecular complexity index is 1030. The van der Waals surface area contributed by atoms with E-state index < -0.39 is 0 Å². The van der Waals surface area contributed by atoms with Crippen molar-refractivity contribution in [1.82, 2.24) is 4.98 Å². The smallest absolute Gasteiger partial charge is 0.169 e. The molecule has 3 rings (SSSR count). The molecule has 0 aliphatic heterocycles. The molecular weight excluding hydrogens is 459 g/mol. The molecule has 0 fully saturated rings. The number of halogens is 6. The molecule has 0 saturated heterocycles. The van der Waals surface area contributed by atoms with Crippen molar-refractivity contribution in [3.63, 3.8) is 0 Å². The van der Waals surface area contributed by atoms with Gasteiger partial charge in [0.1, 0.15) is 5.69 Å². The van der Waals surface area contributed by atoms with E-state index in [1.807, 2.05) is 0 Å². The van der Waals surface area contributed by atoms with Crippen LogP contribution in [-0.2, 0) is 0 Å². The molecule has 1 heterocycles. The van der Waals surface area contributed by atoms with Crippen molar-refractivity contribution in [1.29, 1.82) is 0 Å². The lowest BCUT2D eigenvalue weighted by atomic mass is 9.99. The summed E-state index contributed by atoms with van der Waals surface area (Å²) in [4.78, 5) is 15.6. The lowest BCUT2D eigenvalue weighted by molar-refractivity contribution is 0.111. The van der Waals surface area contributed by atoms with Crippen molar-refractivity contribution in [2.24, 2.45) is 0 Å². The fraction of sp³-hybridized carbons (Fsp3) is 0. The zero-order chi connectivity index (χ0) is 19.0. The molecule has 3 aromatic rings. The Labute approximate surface area is 179 Å². The molecular formula is C18H7Cl6NO. The van der Waals surface area contributed by atoms with Gasteiger partial charge in [-0.3, -0.25) is 9.78 Å². The Morgan fingerprint density at radius 2 is 1.12 bits per heavy atom. The van der Waals surface area contributed by atoms with Crippen LogP contribution in [0.3, 0.4) is 0 Å². The van der Waals surface area contributed by atoms with Gasteiger partial charge in [0.2, 0.25) is 0 Å². The average molecular weight is 466 g/mol. The fourth-order valence-electron chi connectivity index (χ4n) is 2.41. The molecule has 0 unspecified atom stereocenters. The summed E-state index contributed by atoms with van der Waals surface area (Å²) in [6.45, 7) is 0. The highest BCUT2D eigenvalue weighted by Crippen LogP contribution is 2.40. The molecule has 2 nitrogen and oxygen atoms in total. The summed E-state index contributed by atoms with van der Waals surface area (Å²) in [5.74, 6) is 0. The van der Waals surface area contributed by atoms with Crippen molar-refractivity contribution in [3.05, 3.63) is 72.4 Å². The van der Waals surface area contributed by atoms with Gasteiger partial charge in [0, 0.05) is 28.5 Å². The third-order valence-corrected chi connectivity index (χ3v) is 5.72. The van der Waals surface area contributed by atoms with Crippen LogP contribution in [0.1, 0.15) is 10.5 Å². The highest BCUT2D eigenvalue weighted by atomic mass is 35.5. The lowest BCUT2D eigenvalue weighted by Crippen LogP contribution is -1.95. The minimum Gasteiger partial charge on any atom is -0.296 e. The quantitative estimate of drug-likeness (QED) is 0.288. The van der Waals surface area contributed by atoms with Crippen LogP contribution < -0.4 is 0 Å². The molecule has 0 amide bonds. The van der Waals surface area contributed by atoms with E-state index in [1.165, 1.54) is 12.3 Å². The number of pyridine rings is 1. The maximum absolute atomic E-state index is 11.4. The molecule has 8 heteroatoms. The first kappa shape index (κ1) is 19.8. The van der Waals surface area contributed by atoms with E-state index in [-0.39, 0.29) is 5.69 Å². The number of carbonyl (C=O) groups excluding carboxylic acids is 1. The molecule has 2 aromatic carbocycles. The van der Waals surface area contributed by atoms with Gasteiger partial charge in [0.15, 0.2) is 6.29 Å². The van der Waals surface area contributed by atoms with Crippen LogP contribution in [0.4, 0.5) is 0 Å². The second kappa shape index (κ2) is 7.93. The maximum Gasteiger partial charge on any atom is 0.169 e. The summed E-state index contributed by atoms with van der Waals surface area (Å²) in [6.07, 6.45) is 2.15. The van der Waals surface area contributed by atoms with Crippen molar-refractivity contribution in [2.75, 3.05) is 0 Å². The number of carbonyl (C=O) groups is 1. The first-order valence-electron chi connectivity index (χ1n) is 7.07. The van der Waals surface area contributed by atoms with Gasteiger partial charge in [-0.2, -0.15) is 0 Å². The zero-order valence-corrected chi connectivity index (χ0v) is 17.2. The average Bonchev–Trinajstić information content (AvgIpc) is 2.61. The third-order valence-electron chi connectivity index (χ3n) is 3.65. The summed E-state index contributed by atoms with van der Waals surface area (Å²) in [5.41, 5.74) is 2.46. The molecule has 1 aromatic heterocycles. The highest BCUT2D eigenvalue weighted by molar-refractivity contribution is 6.44. The summed E-state index contributed by atoms with van der Waals surface area (Å²) in [7, 11) is 0. The Balaban J connectivity index is 2.25. The molecule has 0 radical (unpaired) electrons. The standard InChI is InChI=1S/C18H7Cl6NO/c19-12-4-16(23)14(21)2-9(12)8-1-11(18(7-26)25-6-8)10-3-15(22)17(24)5-13(10)20/h1-7H. The lowest BCUT2D eigenvalue weighted by Gasteiger charge is -2.12. The van der Waals surface area contributed by atoms with Gasteiger partial charge in [-0.1, -0.05) is 69.6 Å². The van der Waals surface area contributed by atoms with E-state index in [0.717, 1.165) is 0 Å².